The fraction of sp³-hybridized carbons (Fsp3) is 0.250. The molecule has 0 saturated heterocycles. The fourth-order valence-corrected chi connectivity index (χ4v) is 2.56. The number of aryl methyl sites for hydroxylation is 1. The number of anilines is 1. The zero-order chi connectivity index (χ0) is 18.1. The number of aliphatic carboxylic acids is 1. The zero-order valence-corrected chi connectivity index (χ0v) is 13.9. The molecule has 2 rings (SSSR count). The van der Waals surface area contributed by atoms with Gasteiger partial charge < -0.3 is 10.0 Å². The van der Waals surface area contributed by atoms with Crippen molar-refractivity contribution in [3.63, 3.8) is 0 Å². The lowest BCUT2D eigenvalue weighted by molar-refractivity contribution is -0.150. The maximum absolute atomic E-state index is 12.4. The summed E-state index contributed by atoms with van der Waals surface area (Å²) in [6.07, 6.45) is 1.94. The van der Waals surface area contributed by atoms with Crippen molar-refractivity contribution in [3.8, 4) is 0 Å². The SMILES string of the molecule is O=C(O)C(=O)CC(=O)N(CCCCc1ccccc1)c1ccccc1. The molecule has 0 spiro atoms. The molecule has 1 N–H and O–H groups in total. The van der Waals surface area contributed by atoms with E-state index >= 15 is 0 Å². The Kier molecular flexibility index (Phi) is 6.89. The van der Waals surface area contributed by atoms with Crippen LogP contribution in [0.2, 0.25) is 0 Å². The molecule has 130 valence electrons. The van der Waals surface area contributed by atoms with Crippen LogP contribution in [0, 0.1) is 0 Å². The lowest BCUT2D eigenvalue weighted by Gasteiger charge is -2.22. The maximum Gasteiger partial charge on any atom is 0.372 e. The molecule has 0 atom stereocenters. The number of unbranched alkanes of at least 4 members (excludes halogenated alkanes) is 1. The van der Waals surface area contributed by atoms with E-state index in [0.29, 0.717) is 12.2 Å². The number of carboxylic acid groups (broad SMARTS) is 1. The summed E-state index contributed by atoms with van der Waals surface area (Å²) >= 11 is 0. The third-order valence-corrected chi connectivity index (χ3v) is 3.86. The standard InChI is InChI=1S/C20H21NO4/c22-18(20(24)25)15-19(23)21(17-12-5-2-6-13-17)14-8-7-11-16-9-3-1-4-10-16/h1-6,9-10,12-13H,7-8,11,14-15H2,(H,24,25). The fourth-order valence-electron chi connectivity index (χ4n) is 2.56. The molecule has 5 heteroatoms. The summed E-state index contributed by atoms with van der Waals surface area (Å²) in [5.74, 6) is -3.15. The Bertz CT molecular complexity index is 713. The topological polar surface area (TPSA) is 74.7 Å². The number of carboxylic acids is 1. The zero-order valence-electron chi connectivity index (χ0n) is 13.9. The molecule has 0 fully saturated rings. The highest BCUT2D eigenvalue weighted by Crippen LogP contribution is 2.16. The smallest absolute Gasteiger partial charge is 0.372 e. The number of amides is 1. The molecule has 0 aliphatic heterocycles. The molecule has 0 heterocycles. The van der Waals surface area contributed by atoms with Crippen molar-refractivity contribution in [2.75, 3.05) is 11.4 Å². The van der Waals surface area contributed by atoms with Gasteiger partial charge in [0.1, 0.15) is 0 Å². The number of rotatable bonds is 9. The first-order valence-electron chi connectivity index (χ1n) is 8.23. The number of hydrogen-bond donors (Lipinski definition) is 1. The molecular weight excluding hydrogens is 318 g/mol. The van der Waals surface area contributed by atoms with Crippen molar-refractivity contribution in [2.45, 2.75) is 25.7 Å². The van der Waals surface area contributed by atoms with Crippen LogP contribution in [-0.2, 0) is 20.8 Å². The molecule has 0 aliphatic rings. The van der Waals surface area contributed by atoms with Gasteiger partial charge in [-0.25, -0.2) is 4.79 Å². The van der Waals surface area contributed by atoms with Gasteiger partial charge >= 0.3 is 5.97 Å². The summed E-state index contributed by atoms with van der Waals surface area (Å²) in [7, 11) is 0. The van der Waals surface area contributed by atoms with E-state index in [0.717, 1.165) is 19.3 Å². The molecule has 25 heavy (non-hydrogen) atoms. The molecule has 2 aromatic rings. The van der Waals surface area contributed by atoms with Gasteiger partial charge in [-0.2, -0.15) is 0 Å². The second-order valence-electron chi connectivity index (χ2n) is 5.73. The van der Waals surface area contributed by atoms with Crippen molar-refractivity contribution in [3.05, 3.63) is 66.2 Å². The highest BCUT2D eigenvalue weighted by atomic mass is 16.4. The van der Waals surface area contributed by atoms with Crippen LogP contribution >= 0.6 is 0 Å². The second-order valence-corrected chi connectivity index (χ2v) is 5.73. The number of para-hydroxylation sites is 1. The summed E-state index contributed by atoms with van der Waals surface area (Å²) in [4.78, 5) is 35.9. The van der Waals surface area contributed by atoms with E-state index in [-0.39, 0.29) is 0 Å². The van der Waals surface area contributed by atoms with E-state index in [9.17, 15) is 14.4 Å². The number of hydrogen-bond acceptors (Lipinski definition) is 3. The van der Waals surface area contributed by atoms with Gasteiger partial charge in [-0.3, -0.25) is 9.59 Å². The van der Waals surface area contributed by atoms with E-state index in [1.54, 1.807) is 24.3 Å². The molecular formula is C20H21NO4. The maximum atomic E-state index is 12.4. The van der Waals surface area contributed by atoms with E-state index in [1.165, 1.54) is 10.5 Å². The first-order chi connectivity index (χ1) is 12.1. The van der Waals surface area contributed by atoms with Gasteiger partial charge in [0.25, 0.3) is 0 Å². The first kappa shape index (κ1) is 18.4. The quantitative estimate of drug-likeness (QED) is 0.433. The van der Waals surface area contributed by atoms with Crippen molar-refractivity contribution in [1.82, 2.24) is 0 Å². The van der Waals surface area contributed by atoms with Gasteiger partial charge in [-0.15, -0.1) is 0 Å². The van der Waals surface area contributed by atoms with Crippen LogP contribution in [0.5, 0.6) is 0 Å². The molecule has 0 unspecified atom stereocenters. The minimum atomic E-state index is -1.58. The van der Waals surface area contributed by atoms with Crippen molar-refractivity contribution in [2.24, 2.45) is 0 Å². The lowest BCUT2D eigenvalue weighted by atomic mass is 10.1. The lowest BCUT2D eigenvalue weighted by Crippen LogP contribution is -2.34. The van der Waals surface area contributed by atoms with Crippen molar-refractivity contribution >= 4 is 23.3 Å². The molecule has 1 amide bonds. The Labute approximate surface area is 146 Å². The second kappa shape index (κ2) is 9.37. The monoisotopic (exact) mass is 339 g/mol. The van der Waals surface area contributed by atoms with E-state index in [4.69, 9.17) is 5.11 Å². The summed E-state index contributed by atoms with van der Waals surface area (Å²) in [5, 5.41) is 8.70. The summed E-state index contributed by atoms with van der Waals surface area (Å²) in [6.45, 7) is 0.447. The molecule has 5 nitrogen and oxygen atoms in total. The van der Waals surface area contributed by atoms with Crippen LogP contribution in [0.1, 0.15) is 24.8 Å². The van der Waals surface area contributed by atoms with Gasteiger partial charge in [-0.1, -0.05) is 48.5 Å². The summed E-state index contributed by atoms with van der Waals surface area (Å²) < 4.78 is 0. The van der Waals surface area contributed by atoms with Crippen LogP contribution in [0.3, 0.4) is 0 Å². The van der Waals surface area contributed by atoms with Gasteiger partial charge in [0.15, 0.2) is 0 Å². The van der Waals surface area contributed by atoms with Crippen LogP contribution < -0.4 is 4.90 Å². The molecule has 0 radical (unpaired) electrons. The Morgan fingerprint density at radius 3 is 2.04 bits per heavy atom. The Hall–Kier alpha value is -2.95. The van der Waals surface area contributed by atoms with Gasteiger partial charge in [0.2, 0.25) is 11.7 Å². The van der Waals surface area contributed by atoms with E-state index in [2.05, 4.69) is 12.1 Å². The highest BCUT2D eigenvalue weighted by molar-refractivity contribution is 6.36. The predicted molar refractivity (Wildman–Crippen MR) is 95.4 cm³/mol. The number of carbonyl (C=O) groups is 3. The Balaban J connectivity index is 1.96. The van der Waals surface area contributed by atoms with E-state index < -0.39 is 24.1 Å². The summed E-state index contributed by atoms with van der Waals surface area (Å²) in [6, 6.07) is 19.1. The van der Waals surface area contributed by atoms with Crippen LogP contribution in [-0.4, -0.2) is 29.3 Å². The van der Waals surface area contributed by atoms with Gasteiger partial charge in [-0.05, 0) is 37.0 Å². The van der Waals surface area contributed by atoms with Gasteiger partial charge in [0, 0.05) is 12.2 Å². The average Bonchev–Trinajstić information content (AvgIpc) is 2.63. The molecule has 0 bridgehead atoms. The molecule has 0 saturated carbocycles. The number of carbonyl (C=O) groups excluding carboxylic acids is 2. The Morgan fingerprint density at radius 2 is 1.44 bits per heavy atom. The van der Waals surface area contributed by atoms with Crippen LogP contribution in [0.15, 0.2) is 60.7 Å². The number of ketones is 1. The van der Waals surface area contributed by atoms with Crippen molar-refractivity contribution < 1.29 is 19.5 Å². The first-order valence-corrected chi connectivity index (χ1v) is 8.23. The van der Waals surface area contributed by atoms with Crippen LogP contribution in [0.4, 0.5) is 5.69 Å². The molecule has 2 aromatic carbocycles. The van der Waals surface area contributed by atoms with E-state index in [1.807, 2.05) is 24.3 Å². The summed E-state index contributed by atoms with van der Waals surface area (Å²) in [5.41, 5.74) is 1.91. The largest absolute Gasteiger partial charge is 0.475 e. The van der Waals surface area contributed by atoms with Crippen LogP contribution in [0.25, 0.3) is 0 Å². The minimum absolute atomic E-state index is 0.447. The number of Topliss-reactive ketones (excluding diaryl/α,β-unsaturated/α-hetero) is 1. The predicted octanol–water partition coefficient (Wildman–Crippen LogP) is 3.09. The third kappa shape index (κ3) is 5.88. The highest BCUT2D eigenvalue weighted by Gasteiger charge is 2.22. The van der Waals surface area contributed by atoms with Crippen molar-refractivity contribution in [1.29, 1.82) is 0 Å². The number of benzene rings is 2. The molecule has 0 aliphatic carbocycles. The van der Waals surface area contributed by atoms with Gasteiger partial charge in [0.05, 0.1) is 6.42 Å². The Morgan fingerprint density at radius 1 is 0.840 bits per heavy atom. The minimum Gasteiger partial charge on any atom is -0.475 e. The third-order valence-electron chi connectivity index (χ3n) is 3.86. The average molecular weight is 339 g/mol. The molecule has 0 aromatic heterocycles. The normalized spacial score (nSPS) is 10.2. The number of nitrogens with zero attached hydrogens (tertiary/aromatic N) is 1.